The normalized spacial score (nSPS) is 14.6. The summed E-state index contributed by atoms with van der Waals surface area (Å²) in [5.74, 6) is 0. The maximum Gasteiger partial charge on any atom is 0.0210 e. The zero-order valence-electron chi connectivity index (χ0n) is 30.4. The summed E-state index contributed by atoms with van der Waals surface area (Å²) in [4.78, 5) is 0. The van der Waals surface area contributed by atoms with Gasteiger partial charge in [0.05, 0.1) is 0 Å². The molecule has 0 N–H and O–H groups in total. The summed E-state index contributed by atoms with van der Waals surface area (Å²) in [6, 6.07) is 59.8. The molecule has 0 radical (unpaired) electrons. The average Bonchev–Trinajstić information content (AvgIpc) is 3.61. The Hall–Kier alpha value is -5.72. The number of hydrogen-bond donors (Lipinski definition) is 0. The fraction of sp³-hybridized carbons (Fsp3) is 0.154. The van der Waals surface area contributed by atoms with Gasteiger partial charge in [-0.05, 0) is 149 Å². The summed E-state index contributed by atoms with van der Waals surface area (Å²) in [5.41, 5.74) is 19.0. The maximum absolute atomic E-state index is 2.52. The lowest BCUT2D eigenvalue weighted by Gasteiger charge is -2.30. The van der Waals surface area contributed by atoms with E-state index in [-0.39, 0.29) is 10.8 Å². The van der Waals surface area contributed by atoms with Crippen molar-refractivity contribution < 1.29 is 0 Å². The number of hydrogen-bond acceptors (Lipinski definition) is 0. The van der Waals surface area contributed by atoms with Crippen LogP contribution in [0.1, 0.15) is 62.8 Å². The van der Waals surface area contributed by atoms with E-state index in [1.807, 2.05) is 0 Å². The third-order valence-electron chi connectivity index (χ3n) is 12.7. The van der Waals surface area contributed by atoms with Crippen molar-refractivity contribution in [3.05, 3.63) is 180 Å². The first-order valence-corrected chi connectivity index (χ1v) is 19.0. The molecule has 0 saturated heterocycles. The van der Waals surface area contributed by atoms with Crippen molar-refractivity contribution in [1.29, 1.82) is 0 Å². The molecule has 0 aliphatic heterocycles. The average molecular weight is 667 g/mol. The van der Waals surface area contributed by atoms with Crippen molar-refractivity contribution in [2.24, 2.45) is 0 Å². The van der Waals surface area contributed by atoms with Crippen molar-refractivity contribution in [2.75, 3.05) is 0 Å². The molecule has 0 saturated carbocycles. The molecule has 0 unspecified atom stereocenters. The van der Waals surface area contributed by atoms with Crippen molar-refractivity contribution in [2.45, 2.75) is 51.4 Å². The van der Waals surface area contributed by atoms with E-state index in [1.165, 1.54) is 99.4 Å². The lowest BCUT2D eigenvalue weighted by Crippen LogP contribution is -2.23. The Morgan fingerprint density at radius 3 is 1.23 bits per heavy atom. The first-order valence-electron chi connectivity index (χ1n) is 19.0. The SMILES string of the molecule is CCC1(CC)c2cc(-c3ccc4c(c3)C(C)(C)c3ccccc3-4)ccc2-c2ccc(-c3ccc4cc(-c5ccc6ccccc6c5)ccc4c3)cc21. The van der Waals surface area contributed by atoms with E-state index in [9.17, 15) is 0 Å². The van der Waals surface area contributed by atoms with Gasteiger partial charge < -0.3 is 0 Å². The van der Waals surface area contributed by atoms with E-state index in [1.54, 1.807) is 0 Å². The van der Waals surface area contributed by atoms with Gasteiger partial charge >= 0.3 is 0 Å². The minimum atomic E-state index is -0.0193. The largest absolute Gasteiger partial charge is 0.0642 e. The molecule has 0 spiro atoms. The van der Waals surface area contributed by atoms with E-state index < -0.39 is 0 Å². The number of benzene rings is 8. The van der Waals surface area contributed by atoms with Gasteiger partial charge in [0, 0.05) is 10.8 Å². The predicted molar refractivity (Wildman–Crippen MR) is 222 cm³/mol. The van der Waals surface area contributed by atoms with Crippen LogP contribution in [0.4, 0.5) is 0 Å². The van der Waals surface area contributed by atoms with Crippen LogP contribution in [-0.2, 0) is 10.8 Å². The van der Waals surface area contributed by atoms with Crippen LogP contribution >= 0.6 is 0 Å². The Kier molecular flexibility index (Phi) is 6.80. The second-order valence-electron chi connectivity index (χ2n) is 15.6. The monoisotopic (exact) mass is 666 g/mol. The highest BCUT2D eigenvalue weighted by atomic mass is 14.4. The molecule has 250 valence electrons. The van der Waals surface area contributed by atoms with Gasteiger partial charge in [0.1, 0.15) is 0 Å². The summed E-state index contributed by atoms with van der Waals surface area (Å²) in [6.45, 7) is 9.49. The van der Waals surface area contributed by atoms with Gasteiger partial charge in [-0.1, -0.05) is 149 Å². The molecule has 0 bridgehead atoms. The molecule has 2 aliphatic carbocycles. The van der Waals surface area contributed by atoms with Crippen LogP contribution in [0.25, 0.3) is 77.2 Å². The molecule has 52 heavy (non-hydrogen) atoms. The second kappa shape index (κ2) is 11.4. The second-order valence-corrected chi connectivity index (χ2v) is 15.6. The van der Waals surface area contributed by atoms with Crippen molar-refractivity contribution in [3.63, 3.8) is 0 Å². The third kappa shape index (κ3) is 4.47. The Balaban J connectivity index is 1.01. The van der Waals surface area contributed by atoms with E-state index in [0.717, 1.165) is 12.8 Å². The molecule has 0 nitrogen and oxygen atoms in total. The standard InChI is InChI=1S/C52H42/c1-5-52(6-2)49-31-41(39-20-19-37-28-36(17-18-38(37)29-39)35-16-15-33-11-7-8-12-34(33)27-35)22-25-45(49)46-26-23-42(32-50(46)52)40-21-24-44-43-13-9-10-14-47(43)51(3,4)48(44)30-40/h7-32H,5-6H2,1-4H3. The van der Waals surface area contributed by atoms with Gasteiger partial charge in [0.25, 0.3) is 0 Å². The van der Waals surface area contributed by atoms with E-state index in [2.05, 4.69) is 185 Å². The van der Waals surface area contributed by atoms with E-state index >= 15 is 0 Å². The van der Waals surface area contributed by atoms with Crippen LogP contribution < -0.4 is 0 Å². The quantitative estimate of drug-likeness (QED) is 0.171. The van der Waals surface area contributed by atoms with Crippen molar-refractivity contribution >= 4 is 21.5 Å². The topological polar surface area (TPSA) is 0 Å². The summed E-state index contributed by atoms with van der Waals surface area (Å²) < 4.78 is 0. The van der Waals surface area contributed by atoms with Crippen LogP contribution in [0.15, 0.2) is 158 Å². The van der Waals surface area contributed by atoms with Gasteiger partial charge in [-0.3, -0.25) is 0 Å². The fourth-order valence-electron chi connectivity index (χ4n) is 9.72. The van der Waals surface area contributed by atoms with E-state index in [0.29, 0.717) is 0 Å². The minimum Gasteiger partial charge on any atom is -0.0642 e. The van der Waals surface area contributed by atoms with E-state index in [4.69, 9.17) is 0 Å². The highest BCUT2D eigenvalue weighted by molar-refractivity contribution is 5.94. The number of fused-ring (bicyclic) bond motifs is 8. The van der Waals surface area contributed by atoms with Crippen LogP contribution in [0, 0.1) is 0 Å². The Morgan fingerprint density at radius 2 is 0.692 bits per heavy atom. The zero-order valence-corrected chi connectivity index (χ0v) is 30.4. The van der Waals surface area contributed by atoms with Crippen molar-refractivity contribution in [3.8, 4) is 55.6 Å². The Bertz CT molecular complexity index is 2730. The van der Waals surface area contributed by atoms with Gasteiger partial charge in [-0.25, -0.2) is 0 Å². The Labute approximate surface area is 307 Å². The summed E-state index contributed by atoms with van der Waals surface area (Å²) in [5, 5.41) is 5.10. The first kappa shape index (κ1) is 31.1. The maximum atomic E-state index is 2.52. The lowest BCUT2D eigenvalue weighted by molar-refractivity contribution is 0.491. The molecule has 8 aromatic rings. The van der Waals surface area contributed by atoms with Crippen LogP contribution in [0.5, 0.6) is 0 Å². The molecule has 0 atom stereocenters. The molecule has 10 rings (SSSR count). The highest BCUT2D eigenvalue weighted by Crippen LogP contribution is 2.55. The highest BCUT2D eigenvalue weighted by Gasteiger charge is 2.41. The van der Waals surface area contributed by atoms with Gasteiger partial charge in [0.15, 0.2) is 0 Å². The molecule has 8 aromatic carbocycles. The molecular formula is C52H42. The first-order chi connectivity index (χ1) is 25.4. The molecular weight excluding hydrogens is 625 g/mol. The summed E-state index contributed by atoms with van der Waals surface area (Å²) in [7, 11) is 0. The molecule has 0 fully saturated rings. The van der Waals surface area contributed by atoms with Gasteiger partial charge in [0.2, 0.25) is 0 Å². The number of rotatable bonds is 5. The molecule has 0 heteroatoms. The third-order valence-corrected chi connectivity index (χ3v) is 12.7. The molecule has 0 amide bonds. The summed E-state index contributed by atoms with van der Waals surface area (Å²) >= 11 is 0. The van der Waals surface area contributed by atoms with Crippen LogP contribution in [-0.4, -0.2) is 0 Å². The fourth-order valence-corrected chi connectivity index (χ4v) is 9.72. The van der Waals surface area contributed by atoms with Crippen LogP contribution in [0.3, 0.4) is 0 Å². The zero-order chi connectivity index (χ0) is 35.2. The van der Waals surface area contributed by atoms with Crippen molar-refractivity contribution in [1.82, 2.24) is 0 Å². The minimum absolute atomic E-state index is 0.00974. The smallest absolute Gasteiger partial charge is 0.0210 e. The molecule has 0 heterocycles. The van der Waals surface area contributed by atoms with Gasteiger partial charge in [-0.15, -0.1) is 0 Å². The Morgan fingerprint density at radius 1 is 0.327 bits per heavy atom. The summed E-state index contributed by atoms with van der Waals surface area (Å²) in [6.07, 6.45) is 2.14. The molecule has 2 aliphatic rings. The lowest BCUT2D eigenvalue weighted by atomic mass is 9.73. The van der Waals surface area contributed by atoms with Gasteiger partial charge in [-0.2, -0.15) is 0 Å². The predicted octanol–water partition coefficient (Wildman–Crippen LogP) is 14.4. The van der Waals surface area contributed by atoms with Crippen LogP contribution in [0.2, 0.25) is 0 Å². The molecule has 0 aromatic heterocycles.